The van der Waals surface area contributed by atoms with Crippen LogP contribution in [-0.4, -0.2) is 35.6 Å². The summed E-state index contributed by atoms with van der Waals surface area (Å²) >= 11 is 8.20. The molecule has 4 aromatic rings. The first-order valence-corrected chi connectivity index (χ1v) is 12.2. The van der Waals surface area contributed by atoms with E-state index in [0.29, 0.717) is 22.8 Å². The highest BCUT2D eigenvalue weighted by molar-refractivity contribution is 7.99. The Balaban J connectivity index is 1.26. The number of aromatic nitrogens is 6. The standard InChI is InChI=1S/C23H23ClN6OS/c24-19-9-4-3-8-18(19)22-27-28-23(30(22)17-6-1-2-7-17)32-15-5-10-20-26-21(29-31-20)16-11-13-25-14-12-16/h3-4,8-9,11-14,17H,1-2,5-7,10,15H2. The Morgan fingerprint density at radius 3 is 2.69 bits per heavy atom. The van der Waals surface area contributed by atoms with E-state index in [1.165, 1.54) is 12.8 Å². The molecule has 5 rings (SSSR count). The van der Waals surface area contributed by atoms with Gasteiger partial charge in [-0.1, -0.05) is 53.5 Å². The summed E-state index contributed by atoms with van der Waals surface area (Å²) < 4.78 is 7.71. The molecular weight excluding hydrogens is 444 g/mol. The summed E-state index contributed by atoms with van der Waals surface area (Å²) in [4.78, 5) is 8.52. The van der Waals surface area contributed by atoms with Crippen molar-refractivity contribution in [1.29, 1.82) is 0 Å². The molecule has 0 spiro atoms. The topological polar surface area (TPSA) is 82.5 Å². The Bertz CT molecular complexity index is 1170. The molecule has 7 nitrogen and oxygen atoms in total. The highest BCUT2D eigenvalue weighted by Crippen LogP contribution is 2.38. The monoisotopic (exact) mass is 466 g/mol. The van der Waals surface area contributed by atoms with Crippen LogP contribution in [0.2, 0.25) is 5.02 Å². The Labute approximate surface area is 195 Å². The van der Waals surface area contributed by atoms with Gasteiger partial charge in [0.25, 0.3) is 0 Å². The number of benzene rings is 1. The average Bonchev–Trinajstić information content (AvgIpc) is 3.58. The van der Waals surface area contributed by atoms with Crippen LogP contribution in [0.3, 0.4) is 0 Å². The van der Waals surface area contributed by atoms with Gasteiger partial charge in [-0.15, -0.1) is 10.2 Å². The Kier molecular flexibility index (Phi) is 6.50. The molecule has 1 fully saturated rings. The molecule has 3 aromatic heterocycles. The summed E-state index contributed by atoms with van der Waals surface area (Å²) in [5.41, 5.74) is 1.84. The van der Waals surface area contributed by atoms with Crippen LogP contribution in [0.25, 0.3) is 22.8 Å². The van der Waals surface area contributed by atoms with E-state index >= 15 is 0 Å². The molecule has 0 amide bonds. The maximum absolute atomic E-state index is 6.47. The van der Waals surface area contributed by atoms with Crippen LogP contribution >= 0.6 is 23.4 Å². The molecular formula is C23H23ClN6OS. The molecule has 164 valence electrons. The zero-order valence-corrected chi connectivity index (χ0v) is 19.1. The first-order chi connectivity index (χ1) is 15.8. The minimum absolute atomic E-state index is 0.428. The number of aryl methyl sites for hydroxylation is 1. The molecule has 0 aliphatic heterocycles. The first-order valence-electron chi connectivity index (χ1n) is 10.8. The fourth-order valence-corrected chi connectivity index (χ4v) is 5.22. The zero-order chi connectivity index (χ0) is 21.8. The van der Waals surface area contributed by atoms with Gasteiger partial charge in [0.1, 0.15) is 0 Å². The van der Waals surface area contributed by atoms with Gasteiger partial charge >= 0.3 is 0 Å². The van der Waals surface area contributed by atoms with Crippen molar-refractivity contribution >= 4 is 23.4 Å². The lowest BCUT2D eigenvalue weighted by molar-refractivity contribution is 0.378. The van der Waals surface area contributed by atoms with E-state index in [4.69, 9.17) is 16.1 Å². The van der Waals surface area contributed by atoms with Gasteiger partial charge < -0.3 is 4.52 Å². The van der Waals surface area contributed by atoms with Gasteiger partial charge in [0.05, 0.1) is 5.02 Å². The second-order valence-corrected chi connectivity index (χ2v) is 9.26. The third-order valence-corrected chi connectivity index (χ3v) is 7.00. The largest absolute Gasteiger partial charge is 0.339 e. The molecule has 0 radical (unpaired) electrons. The van der Waals surface area contributed by atoms with Gasteiger partial charge in [0, 0.05) is 41.7 Å². The number of nitrogens with zero attached hydrogens (tertiary/aromatic N) is 6. The summed E-state index contributed by atoms with van der Waals surface area (Å²) in [6.45, 7) is 0. The normalized spacial score (nSPS) is 14.3. The van der Waals surface area contributed by atoms with Crippen molar-refractivity contribution in [3.05, 3.63) is 59.7 Å². The molecule has 0 unspecified atom stereocenters. The SMILES string of the molecule is Clc1ccccc1-c1nnc(SCCCc2nc(-c3ccncc3)no2)n1C1CCCC1. The second-order valence-electron chi connectivity index (χ2n) is 7.79. The number of halogens is 1. The third kappa shape index (κ3) is 4.56. The van der Waals surface area contributed by atoms with Crippen molar-refractivity contribution in [1.82, 2.24) is 29.9 Å². The molecule has 0 N–H and O–H groups in total. The van der Waals surface area contributed by atoms with Crippen LogP contribution < -0.4 is 0 Å². The minimum atomic E-state index is 0.428. The van der Waals surface area contributed by atoms with Crippen molar-refractivity contribution in [3.8, 4) is 22.8 Å². The lowest BCUT2D eigenvalue weighted by Gasteiger charge is -2.17. The van der Waals surface area contributed by atoms with E-state index in [1.807, 2.05) is 36.4 Å². The smallest absolute Gasteiger partial charge is 0.226 e. The van der Waals surface area contributed by atoms with Gasteiger partial charge in [-0.2, -0.15) is 4.98 Å². The first kappa shape index (κ1) is 21.2. The number of hydrogen-bond donors (Lipinski definition) is 0. The van der Waals surface area contributed by atoms with Gasteiger partial charge in [-0.25, -0.2) is 0 Å². The van der Waals surface area contributed by atoms with Crippen LogP contribution in [0.15, 0.2) is 58.5 Å². The summed E-state index contributed by atoms with van der Waals surface area (Å²) in [7, 11) is 0. The van der Waals surface area contributed by atoms with Crippen LogP contribution in [0.5, 0.6) is 0 Å². The second kappa shape index (κ2) is 9.83. The molecule has 3 heterocycles. The maximum Gasteiger partial charge on any atom is 0.226 e. The van der Waals surface area contributed by atoms with Crippen molar-refractivity contribution < 1.29 is 4.52 Å². The molecule has 1 aliphatic rings. The fourth-order valence-electron chi connectivity index (χ4n) is 4.05. The van der Waals surface area contributed by atoms with Gasteiger partial charge in [-0.05, 0) is 43.5 Å². The predicted octanol–water partition coefficient (Wildman–Crippen LogP) is 5.88. The van der Waals surface area contributed by atoms with Crippen LogP contribution in [-0.2, 0) is 6.42 Å². The lowest BCUT2D eigenvalue weighted by atomic mass is 10.2. The Morgan fingerprint density at radius 1 is 1.06 bits per heavy atom. The molecule has 0 saturated heterocycles. The highest BCUT2D eigenvalue weighted by atomic mass is 35.5. The molecule has 0 bridgehead atoms. The van der Waals surface area contributed by atoms with Gasteiger partial charge in [0.15, 0.2) is 11.0 Å². The quantitative estimate of drug-likeness (QED) is 0.236. The van der Waals surface area contributed by atoms with Crippen molar-refractivity contribution in [2.75, 3.05) is 5.75 Å². The zero-order valence-electron chi connectivity index (χ0n) is 17.5. The summed E-state index contributed by atoms with van der Waals surface area (Å²) in [5.74, 6) is 3.00. The van der Waals surface area contributed by atoms with E-state index in [9.17, 15) is 0 Å². The summed E-state index contributed by atoms with van der Waals surface area (Å²) in [6.07, 6.45) is 9.86. The van der Waals surface area contributed by atoms with Crippen molar-refractivity contribution in [2.45, 2.75) is 49.7 Å². The van der Waals surface area contributed by atoms with E-state index in [0.717, 1.165) is 53.5 Å². The number of thioether (sulfide) groups is 1. The van der Waals surface area contributed by atoms with Crippen LogP contribution in [0.1, 0.15) is 44.0 Å². The van der Waals surface area contributed by atoms with Crippen LogP contribution in [0.4, 0.5) is 0 Å². The van der Waals surface area contributed by atoms with Crippen molar-refractivity contribution in [2.24, 2.45) is 0 Å². The fraction of sp³-hybridized carbons (Fsp3) is 0.348. The highest BCUT2D eigenvalue weighted by Gasteiger charge is 2.25. The molecule has 32 heavy (non-hydrogen) atoms. The number of rotatable bonds is 8. The van der Waals surface area contributed by atoms with Gasteiger partial charge in [-0.3, -0.25) is 9.55 Å². The average molecular weight is 467 g/mol. The molecule has 1 aromatic carbocycles. The van der Waals surface area contributed by atoms with E-state index in [1.54, 1.807) is 24.2 Å². The van der Waals surface area contributed by atoms with Crippen LogP contribution in [0, 0.1) is 0 Å². The Hall–Kier alpha value is -2.71. The molecule has 1 saturated carbocycles. The molecule has 0 atom stereocenters. The van der Waals surface area contributed by atoms with E-state index in [2.05, 4.69) is 29.9 Å². The van der Waals surface area contributed by atoms with E-state index in [-0.39, 0.29) is 0 Å². The predicted molar refractivity (Wildman–Crippen MR) is 125 cm³/mol. The van der Waals surface area contributed by atoms with E-state index < -0.39 is 0 Å². The lowest BCUT2D eigenvalue weighted by Crippen LogP contribution is -2.08. The van der Waals surface area contributed by atoms with Crippen molar-refractivity contribution in [3.63, 3.8) is 0 Å². The molecule has 1 aliphatic carbocycles. The molecule has 9 heteroatoms. The summed E-state index contributed by atoms with van der Waals surface area (Å²) in [5, 5.41) is 14.8. The number of pyridine rings is 1. The Morgan fingerprint density at radius 2 is 1.88 bits per heavy atom. The summed E-state index contributed by atoms with van der Waals surface area (Å²) in [6, 6.07) is 12.0. The maximum atomic E-state index is 6.47. The van der Waals surface area contributed by atoms with Gasteiger partial charge in [0.2, 0.25) is 11.7 Å². The minimum Gasteiger partial charge on any atom is -0.339 e. The number of hydrogen-bond acceptors (Lipinski definition) is 7. The third-order valence-electron chi connectivity index (χ3n) is 5.64.